The van der Waals surface area contributed by atoms with Crippen molar-refractivity contribution in [3.63, 3.8) is 0 Å². The number of amides is 1. The Morgan fingerprint density at radius 1 is 1.35 bits per heavy atom. The van der Waals surface area contributed by atoms with Crippen LogP contribution in [0.5, 0.6) is 0 Å². The Hall–Kier alpha value is -1.58. The molecule has 0 radical (unpaired) electrons. The molecule has 0 aromatic heterocycles. The summed E-state index contributed by atoms with van der Waals surface area (Å²) in [5.74, 6) is 0.225. The van der Waals surface area contributed by atoms with Crippen LogP contribution >= 0.6 is 0 Å². The monoisotopic (exact) mass is 278 g/mol. The van der Waals surface area contributed by atoms with Crippen molar-refractivity contribution in [1.82, 2.24) is 5.32 Å². The van der Waals surface area contributed by atoms with E-state index in [-0.39, 0.29) is 5.91 Å². The summed E-state index contributed by atoms with van der Waals surface area (Å²) in [7, 11) is 0. The van der Waals surface area contributed by atoms with E-state index in [2.05, 4.69) is 28.7 Å². The fraction of sp³-hybridized carbons (Fsp3) is 0.625. The minimum Gasteiger partial charge on any atom is -0.396 e. The van der Waals surface area contributed by atoms with Gasteiger partial charge in [0, 0.05) is 13.0 Å². The highest BCUT2D eigenvalue weighted by Gasteiger charge is 2.03. The molecule has 1 fully saturated rings. The molecule has 2 aliphatic rings. The Labute approximate surface area is 122 Å². The minimum absolute atomic E-state index is 0.225. The van der Waals surface area contributed by atoms with Gasteiger partial charge in [-0.05, 0) is 45.1 Å². The molecule has 2 rings (SSSR count). The molecule has 1 amide bonds. The van der Waals surface area contributed by atoms with Gasteiger partial charge in [0.2, 0.25) is 5.91 Å². The Morgan fingerprint density at radius 3 is 2.90 bits per heavy atom. The van der Waals surface area contributed by atoms with Crippen molar-refractivity contribution in [3.8, 4) is 0 Å². The van der Waals surface area contributed by atoms with E-state index in [4.69, 9.17) is 4.84 Å². The van der Waals surface area contributed by atoms with Crippen molar-refractivity contribution in [2.24, 2.45) is 5.16 Å². The second-order valence-electron chi connectivity index (χ2n) is 4.89. The van der Waals surface area contributed by atoms with Crippen LogP contribution in [-0.4, -0.2) is 24.8 Å². The largest absolute Gasteiger partial charge is 0.396 e. The molecule has 4 nitrogen and oxygen atoms in total. The molecule has 0 unspecified atom stereocenters. The number of nitrogens with zero attached hydrogens (tertiary/aromatic N) is 1. The van der Waals surface area contributed by atoms with Crippen LogP contribution in [0.15, 0.2) is 29.0 Å². The summed E-state index contributed by atoms with van der Waals surface area (Å²) >= 11 is 0. The molecule has 112 valence electrons. The van der Waals surface area contributed by atoms with Gasteiger partial charge in [0.25, 0.3) is 0 Å². The van der Waals surface area contributed by atoms with Crippen LogP contribution in [0.25, 0.3) is 0 Å². The average molecular weight is 278 g/mol. The van der Waals surface area contributed by atoms with Gasteiger partial charge in [0.1, 0.15) is 6.61 Å². The molecule has 1 aliphatic carbocycles. The molecule has 0 aromatic rings. The quantitative estimate of drug-likeness (QED) is 0.636. The third-order valence-corrected chi connectivity index (χ3v) is 3.15. The molecule has 0 spiro atoms. The standard InChI is InChI=1S/C10H15NO.C6H11NO/c1-3-12-11-9(2)10-7-5-4-6-8-10;8-6-4-2-1-3-5-7-6/h5,7-8H,3-4,6H2,1-2H3;1-5H2,(H,7,8)/b11-9+;. The first-order valence-electron chi connectivity index (χ1n) is 7.54. The average Bonchev–Trinajstić information content (AvgIpc) is 2.74. The van der Waals surface area contributed by atoms with Gasteiger partial charge >= 0.3 is 0 Å². The van der Waals surface area contributed by atoms with Gasteiger partial charge in [0.05, 0.1) is 5.71 Å². The van der Waals surface area contributed by atoms with E-state index in [1.165, 1.54) is 12.0 Å². The molecular weight excluding hydrogens is 252 g/mol. The van der Waals surface area contributed by atoms with E-state index in [0.717, 1.165) is 44.4 Å². The van der Waals surface area contributed by atoms with Crippen molar-refractivity contribution >= 4 is 11.6 Å². The van der Waals surface area contributed by atoms with E-state index < -0.39 is 0 Å². The molecule has 20 heavy (non-hydrogen) atoms. The fourth-order valence-electron chi connectivity index (χ4n) is 2.00. The fourth-order valence-corrected chi connectivity index (χ4v) is 2.00. The summed E-state index contributed by atoms with van der Waals surface area (Å²) < 4.78 is 0. The lowest BCUT2D eigenvalue weighted by atomic mass is 10.0. The molecule has 0 saturated carbocycles. The van der Waals surface area contributed by atoms with Gasteiger partial charge in [-0.15, -0.1) is 0 Å². The molecule has 1 saturated heterocycles. The van der Waals surface area contributed by atoms with E-state index >= 15 is 0 Å². The SMILES string of the molecule is CCO/N=C(\C)C1=CCCC=C1.O=C1CCCCCN1. The molecule has 1 N–H and O–H groups in total. The number of carbonyl (C=O) groups is 1. The topological polar surface area (TPSA) is 50.7 Å². The Bertz CT molecular complexity index is 374. The summed E-state index contributed by atoms with van der Waals surface area (Å²) in [5, 5.41) is 6.77. The van der Waals surface area contributed by atoms with Gasteiger partial charge in [-0.1, -0.05) is 29.8 Å². The molecule has 0 atom stereocenters. The van der Waals surface area contributed by atoms with Crippen LogP contribution < -0.4 is 5.32 Å². The zero-order valence-corrected chi connectivity index (χ0v) is 12.7. The van der Waals surface area contributed by atoms with Crippen LogP contribution in [-0.2, 0) is 9.63 Å². The van der Waals surface area contributed by atoms with E-state index in [0.29, 0.717) is 6.61 Å². The number of rotatable bonds is 3. The summed E-state index contributed by atoms with van der Waals surface area (Å²) in [6, 6.07) is 0. The number of hydrogen-bond donors (Lipinski definition) is 1. The number of carbonyl (C=O) groups excluding carboxylic acids is 1. The second-order valence-corrected chi connectivity index (χ2v) is 4.89. The van der Waals surface area contributed by atoms with Gasteiger partial charge in [-0.25, -0.2) is 0 Å². The number of allylic oxidation sites excluding steroid dienone is 4. The van der Waals surface area contributed by atoms with Gasteiger partial charge in [-0.2, -0.15) is 0 Å². The zero-order chi connectivity index (χ0) is 14.6. The molecule has 4 heteroatoms. The van der Waals surface area contributed by atoms with E-state index in [1.807, 2.05) is 13.8 Å². The first-order chi connectivity index (χ1) is 9.74. The van der Waals surface area contributed by atoms with Crippen molar-refractivity contribution < 1.29 is 9.63 Å². The Balaban J connectivity index is 0.000000217. The molecular formula is C16H26N2O2. The molecule has 0 aromatic carbocycles. The lowest BCUT2D eigenvalue weighted by Gasteiger charge is -2.05. The normalized spacial score (nSPS) is 19.2. The maximum absolute atomic E-state index is 10.6. The predicted octanol–water partition coefficient (Wildman–Crippen LogP) is 3.35. The van der Waals surface area contributed by atoms with Crippen LogP contribution in [0.4, 0.5) is 0 Å². The third-order valence-electron chi connectivity index (χ3n) is 3.15. The van der Waals surface area contributed by atoms with E-state index in [9.17, 15) is 4.79 Å². The van der Waals surface area contributed by atoms with Crippen LogP contribution in [0, 0.1) is 0 Å². The predicted molar refractivity (Wildman–Crippen MR) is 82.7 cm³/mol. The van der Waals surface area contributed by atoms with Crippen molar-refractivity contribution in [2.45, 2.75) is 52.4 Å². The summed E-state index contributed by atoms with van der Waals surface area (Å²) in [4.78, 5) is 15.5. The summed E-state index contributed by atoms with van der Waals surface area (Å²) in [6.45, 7) is 5.42. The highest BCUT2D eigenvalue weighted by molar-refractivity contribution is 6.00. The first-order valence-corrected chi connectivity index (χ1v) is 7.54. The summed E-state index contributed by atoms with van der Waals surface area (Å²) in [5.41, 5.74) is 2.16. The maximum Gasteiger partial charge on any atom is 0.219 e. The molecule has 1 heterocycles. The lowest BCUT2D eigenvalue weighted by molar-refractivity contribution is -0.120. The number of nitrogens with one attached hydrogen (secondary N) is 1. The van der Waals surface area contributed by atoms with Crippen molar-refractivity contribution in [3.05, 3.63) is 23.8 Å². The van der Waals surface area contributed by atoms with Crippen molar-refractivity contribution in [1.29, 1.82) is 0 Å². The van der Waals surface area contributed by atoms with Gasteiger partial charge < -0.3 is 10.2 Å². The Morgan fingerprint density at radius 2 is 2.20 bits per heavy atom. The van der Waals surface area contributed by atoms with E-state index in [1.54, 1.807) is 0 Å². The van der Waals surface area contributed by atoms with Crippen molar-refractivity contribution in [2.75, 3.05) is 13.2 Å². The van der Waals surface area contributed by atoms with Crippen LogP contribution in [0.1, 0.15) is 52.4 Å². The lowest BCUT2D eigenvalue weighted by Crippen LogP contribution is -2.21. The third kappa shape index (κ3) is 7.12. The molecule has 1 aliphatic heterocycles. The van der Waals surface area contributed by atoms with Gasteiger partial charge in [-0.3, -0.25) is 4.79 Å². The maximum atomic E-state index is 10.6. The minimum atomic E-state index is 0.225. The smallest absolute Gasteiger partial charge is 0.219 e. The number of hydrogen-bond acceptors (Lipinski definition) is 3. The van der Waals surface area contributed by atoms with Crippen LogP contribution in [0.2, 0.25) is 0 Å². The second kappa shape index (κ2) is 10.2. The zero-order valence-electron chi connectivity index (χ0n) is 12.7. The number of oxime groups is 1. The highest BCUT2D eigenvalue weighted by atomic mass is 16.6. The molecule has 0 bridgehead atoms. The Kier molecular flexibility index (Phi) is 8.43. The summed E-state index contributed by atoms with van der Waals surface area (Å²) in [6.07, 6.45) is 12.9. The van der Waals surface area contributed by atoms with Crippen LogP contribution in [0.3, 0.4) is 0 Å². The highest BCUT2D eigenvalue weighted by Crippen LogP contribution is 2.11. The first kappa shape index (κ1) is 16.5. The van der Waals surface area contributed by atoms with Gasteiger partial charge in [0.15, 0.2) is 0 Å².